The lowest BCUT2D eigenvalue weighted by molar-refractivity contribution is 0.306. The molecule has 1 aliphatic heterocycles. The first-order valence-corrected chi connectivity index (χ1v) is 10.2. The number of benzene rings is 3. The molecule has 3 heteroatoms. The number of fused-ring (bicyclic) bond motifs is 3. The Hall–Kier alpha value is -3.07. The van der Waals surface area contributed by atoms with E-state index in [1.807, 2.05) is 18.2 Å². The normalized spacial score (nSPS) is 21.9. The van der Waals surface area contributed by atoms with Crippen LogP contribution in [0.2, 0.25) is 0 Å². The van der Waals surface area contributed by atoms with Crippen molar-refractivity contribution >= 4 is 5.69 Å². The average Bonchev–Trinajstić information content (AvgIpc) is 3.24. The Kier molecular flexibility index (Phi) is 4.59. The molecular formula is C26H24FNO. The third kappa shape index (κ3) is 3.42. The molecule has 0 fully saturated rings. The summed E-state index contributed by atoms with van der Waals surface area (Å²) in [7, 11) is 0. The first-order valence-electron chi connectivity index (χ1n) is 10.2. The number of hydrogen-bond donors (Lipinski definition) is 1. The van der Waals surface area contributed by atoms with E-state index in [0.29, 0.717) is 18.2 Å². The molecule has 3 aromatic rings. The molecule has 0 unspecified atom stereocenters. The van der Waals surface area contributed by atoms with Gasteiger partial charge in [0.05, 0.1) is 11.7 Å². The van der Waals surface area contributed by atoms with Gasteiger partial charge in [-0.15, -0.1) is 0 Å². The molecule has 146 valence electrons. The Morgan fingerprint density at radius 2 is 1.79 bits per heavy atom. The van der Waals surface area contributed by atoms with Crippen LogP contribution < -0.4 is 10.1 Å². The fourth-order valence-electron chi connectivity index (χ4n) is 4.54. The van der Waals surface area contributed by atoms with E-state index < -0.39 is 0 Å². The van der Waals surface area contributed by atoms with E-state index in [1.54, 1.807) is 6.07 Å². The van der Waals surface area contributed by atoms with Crippen molar-refractivity contribution in [3.8, 4) is 5.75 Å². The van der Waals surface area contributed by atoms with Crippen molar-refractivity contribution < 1.29 is 9.13 Å². The minimum Gasteiger partial charge on any atom is -0.489 e. The zero-order valence-electron chi connectivity index (χ0n) is 16.4. The van der Waals surface area contributed by atoms with Gasteiger partial charge in [0.1, 0.15) is 18.2 Å². The highest BCUT2D eigenvalue weighted by Gasteiger charge is 2.38. The summed E-state index contributed by atoms with van der Waals surface area (Å²) in [5, 5.41) is 3.48. The first kappa shape index (κ1) is 18.0. The van der Waals surface area contributed by atoms with E-state index in [-0.39, 0.29) is 17.8 Å². The standard InChI is InChI=1S/C26H24FNO/c1-17-8-10-18(11-9-17)16-29-20-14-12-19(13-15-20)25-22-5-2-4-21(22)23-6-3-7-24(27)26(23)28-25/h2-4,6-15,21-22,25,28H,5,16H2,1H3/t21-,22-,25+/m1/s1. The van der Waals surface area contributed by atoms with Crippen LogP contribution in [0.15, 0.2) is 78.9 Å². The van der Waals surface area contributed by atoms with Crippen molar-refractivity contribution in [3.63, 3.8) is 0 Å². The predicted molar refractivity (Wildman–Crippen MR) is 115 cm³/mol. The van der Waals surface area contributed by atoms with Crippen LogP contribution in [0.4, 0.5) is 10.1 Å². The van der Waals surface area contributed by atoms with Crippen LogP contribution in [0.5, 0.6) is 5.75 Å². The smallest absolute Gasteiger partial charge is 0.146 e. The summed E-state index contributed by atoms with van der Waals surface area (Å²) >= 11 is 0. The minimum absolute atomic E-state index is 0.0885. The number of halogens is 1. The van der Waals surface area contributed by atoms with Gasteiger partial charge in [0.25, 0.3) is 0 Å². The van der Waals surface area contributed by atoms with Gasteiger partial charge >= 0.3 is 0 Å². The molecule has 1 aliphatic carbocycles. The van der Waals surface area contributed by atoms with E-state index >= 15 is 0 Å². The molecule has 0 amide bonds. The van der Waals surface area contributed by atoms with Crippen LogP contribution in [-0.4, -0.2) is 0 Å². The van der Waals surface area contributed by atoms with Crippen LogP contribution in [0.1, 0.15) is 40.6 Å². The maximum absolute atomic E-state index is 14.5. The van der Waals surface area contributed by atoms with Crippen LogP contribution in [0, 0.1) is 18.7 Å². The monoisotopic (exact) mass is 385 g/mol. The maximum atomic E-state index is 14.5. The van der Waals surface area contributed by atoms with Crippen LogP contribution >= 0.6 is 0 Å². The van der Waals surface area contributed by atoms with Crippen LogP contribution in [0.3, 0.4) is 0 Å². The summed E-state index contributed by atoms with van der Waals surface area (Å²) in [5.41, 5.74) is 5.28. The van der Waals surface area contributed by atoms with Gasteiger partial charge in [-0.1, -0.05) is 66.2 Å². The SMILES string of the molecule is Cc1ccc(COc2ccc([C@@H]3Nc4c(F)cccc4[C@@H]4C=CC[C@H]43)cc2)cc1. The van der Waals surface area contributed by atoms with Crippen molar-refractivity contribution in [2.24, 2.45) is 5.92 Å². The molecule has 3 aromatic carbocycles. The lowest BCUT2D eigenvalue weighted by atomic mass is 9.77. The molecule has 0 saturated carbocycles. The number of allylic oxidation sites excluding steroid dienone is 2. The summed E-state index contributed by atoms with van der Waals surface area (Å²) in [6.45, 7) is 2.63. The van der Waals surface area contributed by atoms with Gasteiger partial charge in [-0.3, -0.25) is 0 Å². The summed E-state index contributed by atoms with van der Waals surface area (Å²) < 4.78 is 20.4. The lowest BCUT2D eigenvalue weighted by Crippen LogP contribution is -2.29. The van der Waals surface area contributed by atoms with Crippen molar-refractivity contribution in [3.05, 3.63) is 107 Å². The number of nitrogens with one attached hydrogen (secondary N) is 1. The van der Waals surface area contributed by atoms with Gasteiger partial charge in [-0.2, -0.15) is 0 Å². The van der Waals surface area contributed by atoms with Crippen molar-refractivity contribution in [2.75, 3.05) is 5.32 Å². The summed E-state index contributed by atoms with van der Waals surface area (Å²) in [6.07, 6.45) is 5.46. The van der Waals surface area contributed by atoms with E-state index in [0.717, 1.165) is 23.3 Å². The second kappa shape index (κ2) is 7.40. The van der Waals surface area contributed by atoms with Crippen LogP contribution in [-0.2, 0) is 6.61 Å². The van der Waals surface area contributed by atoms with Gasteiger partial charge in [-0.25, -0.2) is 4.39 Å². The molecule has 3 atom stereocenters. The minimum atomic E-state index is -0.177. The molecule has 2 nitrogen and oxygen atoms in total. The van der Waals surface area contributed by atoms with Crippen molar-refractivity contribution in [1.29, 1.82) is 0 Å². The van der Waals surface area contributed by atoms with Gasteiger partial charge in [0.2, 0.25) is 0 Å². The average molecular weight is 385 g/mol. The number of rotatable bonds is 4. The predicted octanol–water partition coefficient (Wildman–Crippen LogP) is 6.54. The molecule has 0 radical (unpaired) electrons. The zero-order valence-corrected chi connectivity index (χ0v) is 16.4. The molecule has 1 heterocycles. The fourth-order valence-corrected chi connectivity index (χ4v) is 4.54. The quantitative estimate of drug-likeness (QED) is 0.515. The number of aryl methyl sites for hydroxylation is 1. The highest BCUT2D eigenvalue weighted by molar-refractivity contribution is 5.60. The molecular weight excluding hydrogens is 361 g/mol. The summed E-state index contributed by atoms with van der Waals surface area (Å²) in [6, 6.07) is 22.1. The molecule has 5 rings (SSSR count). The highest BCUT2D eigenvalue weighted by atomic mass is 19.1. The number of para-hydroxylation sites is 1. The van der Waals surface area contributed by atoms with E-state index in [2.05, 4.69) is 60.8 Å². The first-order chi connectivity index (χ1) is 14.2. The van der Waals surface area contributed by atoms with Gasteiger partial charge in [0.15, 0.2) is 0 Å². The molecule has 0 aromatic heterocycles. The Bertz CT molecular complexity index is 1040. The Balaban J connectivity index is 1.34. The van der Waals surface area contributed by atoms with E-state index in [9.17, 15) is 4.39 Å². The highest BCUT2D eigenvalue weighted by Crippen LogP contribution is 2.50. The van der Waals surface area contributed by atoms with Crippen LogP contribution in [0.25, 0.3) is 0 Å². The Morgan fingerprint density at radius 3 is 2.59 bits per heavy atom. The Labute approximate surface area is 171 Å². The second-order valence-corrected chi connectivity index (χ2v) is 8.02. The third-order valence-electron chi connectivity index (χ3n) is 6.11. The molecule has 1 N–H and O–H groups in total. The zero-order chi connectivity index (χ0) is 19.8. The molecule has 29 heavy (non-hydrogen) atoms. The van der Waals surface area contributed by atoms with Gasteiger partial charge < -0.3 is 10.1 Å². The third-order valence-corrected chi connectivity index (χ3v) is 6.11. The largest absolute Gasteiger partial charge is 0.489 e. The summed E-state index contributed by atoms with van der Waals surface area (Å²) in [4.78, 5) is 0. The number of ether oxygens (including phenoxy) is 1. The lowest BCUT2D eigenvalue weighted by Gasteiger charge is -2.37. The summed E-state index contributed by atoms with van der Waals surface area (Å²) in [5.74, 6) is 1.34. The topological polar surface area (TPSA) is 21.3 Å². The van der Waals surface area contributed by atoms with Gasteiger partial charge in [0, 0.05) is 5.92 Å². The van der Waals surface area contributed by atoms with Crippen molar-refractivity contribution in [2.45, 2.75) is 31.9 Å². The van der Waals surface area contributed by atoms with Crippen molar-refractivity contribution in [1.82, 2.24) is 0 Å². The Morgan fingerprint density at radius 1 is 1.00 bits per heavy atom. The molecule has 0 spiro atoms. The van der Waals surface area contributed by atoms with E-state index in [4.69, 9.17) is 4.74 Å². The van der Waals surface area contributed by atoms with E-state index in [1.165, 1.54) is 17.2 Å². The fraction of sp³-hybridized carbons (Fsp3) is 0.231. The maximum Gasteiger partial charge on any atom is 0.146 e. The molecule has 0 saturated heterocycles. The number of hydrogen-bond acceptors (Lipinski definition) is 2. The molecule has 0 bridgehead atoms. The number of anilines is 1. The second-order valence-electron chi connectivity index (χ2n) is 8.02. The molecule has 2 aliphatic rings. The van der Waals surface area contributed by atoms with Gasteiger partial charge in [-0.05, 0) is 54.2 Å².